The van der Waals surface area contributed by atoms with E-state index in [0.717, 1.165) is 54.1 Å². The zero-order valence-electron chi connectivity index (χ0n) is 12.3. The lowest BCUT2D eigenvalue weighted by Gasteiger charge is -2.34. The summed E-state index contributed by atoms with van der Waals surface area (Å²) in [7, 11) is 0. The molecule has 20 heavy (non-hydrogen) atoms. The molecule has 2 fully saturated rings. The van der Waals surface area contributed by atoms with Gasteiger partial charge in [-0.15, -0.1) is 0 Å². The minimum atomic E-state index is 0.316. The van der Waals surface area contributed by atoms with Crippen LogP contribution in [-0.4, -0.2) is 48.9 Å². The fraction of sp³-hybridized carbons (Fsp3) is 0.733. The van der Waals surface area contributed by atoms with Crippen molar-refractivity contribution in [3.8, 4) is 0 Å². The highest BCUT2D eigenvalue weighted by atomic mass is 32.1. The molecule has 2 aliphatic rings. The first-order valence-corrected chi connectivity index (χ1v) is 8.42. The molecule has 0 amide bonds. The van der Waals surface area contributed by atoms with Crippen molar-refractivity contribution in [3.63, 3.8) is 0 Å². The number of aldehydes is 1. The van der Waals surface area contributed by atoms with Crippen LogP contribution in [0, 0.1) is 5.92 Å². The van der Waals surface area contributed by atoms with Crippen molar-refractivity contribution in [1.29, 1.82) is 0 Å². The second-order valence-corrected chi connectivity index (χ2v) is 7.26. The molecule has 1 aromatic heterocycles. The van der Waals surface area contributed by atoms with E-state index < -0.39 is 0 Å². The summed E-state index contributed by atoms with van der Waals surface area (Å²) in [6.45, 7) is 9.81. The third-order valence-corrected chi connectivity index (χ3v) is 5.24. The standard InChI is InChI=1S/C15H23N3OS/c1-11(2)14-13(10-19)20-15(16-14)18-7-5-17(6-8-18)9-12-3-4-12/h10-12H,3-9H2,1-2H3. The fourth-order valence-corrected chi connectivity index (χ4v) is 3.84. The molecule has 0 aromatic carbocycles. The Labute approximate surface area is 124 Å². The number of rotatable bonds is 5. The van der Waals surface area contributed by atoms with Crippen LogP contribution in [-0.2, 0) is 0 Å². The van der Waals surface area contributed by atoms with Crippen LogP contribution in [0.1, 0.15) is 48.0 Å². The van der Waals surface area contributed by atoms with E-state index in [1.54, 1.807) is 11.3 Å². The zero-order chi connectivity index (χ0) is 14.1. The van der Waals surface area contributed by atoms with E-state index >= 15 is 0 Å². The summed E-state index contributed by atoms with van der Waals surface area (Å²) in [6, 6.07) is 0. The molecule has 4 nitrogen and oxygen atoms in total. The first-order chi connectivity index (χ1) is 9.67. The monoisotopic (exact) mass is 293 g/mol. The Morgan fingerprint density at radius 1 is 1.30 bits per heavy atom. The summed E-state index contributed by atoms with van der Waals surface area (Å²) in [5.74, 6) is 1.28. The first-order valence-electron chi connectivity index (χ1n) is 7.60. The van der Waals surface area contributed by atoms with Crippen LogP contribution in [0.25, 0.3) is 0 Å². The van der Waals surface area contributed by atoms with Crippen molar-refractivity contribution in [2.24, 2.45) is 5.92 Å². The average Bonchev–Trinajstić information content (AvgIpc) is 3.15. The molecule has 0 N–H and O–H groups in total. The van der Waals surface area contributed by atoms with Crippen molar-refractivity contribution >= 4 is 22.8 Å². The van der Waals surface area contributed by atoms with E-state index in [2.05, 4.69) is 23.6 Å². The topological polar surface area (TPSA) is 36.4 Å². The van der Waals surface area contributed by atoms with Gasteiger partial charge in [-0.25, -0.2) is 4.98 Å². The molecule has 0 atom stereocenters. The van der Waals surface area contributed by atoms with Gasteiger partial charge in [-0.3, -0.25) is 9.69 Å². The largest absolute Gasteiger partial charge is 0.346 e. The number of aromatic nitrogens is 1. The average molecular weight is 293 g/mol. The van der Waals surface area contributed by atoms with Gasteiger partial charge in [0.1, 0.15) is 0 Å². The molecule has 110 valence electrons. The Hall–Kier alpha value is -0.940. The molecule has 1 aliphatic heterocycles. The van der Waals surface area contributed by atoms with E-state index in [1.807, 2.05) is 0 Å². The predicted molar refractivity (Wildman–Crippen MR) is 83.0 cm³/mol. The summed E-state index contributed by atoms with van der Waals surface area (Å²) >= 11 is 1.55. The number of hydrogen-bond acceptors (Lipinski definition) is 5. The van der Waals surface area contributed by atoms with Crippen molar-refractivity contribution in [2.75, 3.05) is 37.6 Å². The van der Waals surface area contributed by atoms with E-state index in [1.165, 1.54) is 19.4 Å². The summed E-state index contributed by atoms with van der Waals surface area (Å²) in [6.07, 6.45) is 3.81. The molecular weight excluding hydrogens is 270 g/mol. The van der Waals surface area contributed by atoms with Crippen molar-refractivity contribution < 1.29 is 4.79 Å². The maximum absolute atomic E-state index is 11.2. The molecule has 1 saturated carbocycles. The molecule has 1 aliphatic carbocycles. The molecule has 0 bridgehead atoms. The number of thiazole rings is 1. The number of anilines is 1. The fourth-order valence-electron chi connectivity index (χ4n) is 2.75. The van der Waals surface area contributed by atoms with E-state index in [-0.39, 0.29) is 0 Å². The number of carbonyl (C=O) groups is 1. The van der Waals surface area contributed by atoms with Gasteiger partial charge in [0.05, 0.1) is 10.6 Å². The molecule has 2 heterocycles. The van der Waals surface area contributed by atoms with Crippen molar-refractivity contribution in [2.45, 2.75) is 32.6 Å². The van der Waals surface area contributed by atoms with Crippen LogP contribution in [0.4, 0.5) is 5.13 Å². The molecular formula is C15H23N3OS. The minimum Gasteiger partial charge on any atom is -0.346 e. The van der Waals surface area contributed by atoms with Crippen LogP contribution in [0.3, 0.4) is 0 Å². The lowest BCUT2D eigenvalue weighted by molar-refractivity contribution is 0.112. The van der Waals surface area contributed by atoms with Gasteiger partial charge in [-0.1, -0.05) is 25.2 Å². The number of piperazine rings is 1. The first kappa shape index (κ1) is 14.0. The molecule has 0 radical (unpaired) electrons. The van der Waals surface area contributed by atoms with E-state index in [0.29, 0.717) is 5.92 Å². The highest BCUT2D eigenvalue weighted by molar-refractivity contribution is 7.17. The number of nitrogens with zero attached hydrogens (tertiary/aromatic N) is 3. The maximum Gasteiger partial charge on any atom is 0.186 e. The molecule has 1 aromatic rings. The van der Waals surface area contributed by atoms with E-state index in [4.69, 9.17) is 4.98 Å². The SMILES string of the molecule is CC(C)c1nc(N2CCN(CC3CC3)CC2)sc1C=O. The Kier molecular flexibility index (Phi) is 4.08. The summed E-state index contributed by atoms with van der Waals surface area (Å²) < 4.78 is 0. The summed E-state index contributed by atoms with van der Waals surface area (Å²) in [5, 5.41) is 1.03. The van der Waals surface area contributed by atoms with Crippen LogP contribution >= 0.6 is 11.3 Å². The predicted octanol–water partition coefficient (Wildman–Crippen LogP) is 2.61. The van der Waals surface area contributed by atoms with Crippen LogP contribution in [0.5, 0.6) is 0 Å². The van der Waals surface area contributed by atoms with Crippen LogP contribution in [0.15, 0.2) is 0 Å². The van der Waals surface area contributed by atoms with Gasteiger partial charge >= 0.3 is 0 Å². The van der Waals surface area contributed by atoms with Gasteiger partial charge < -0.3 is 4.90 Å². The minimum absolute atomic E-state index is 0.316. The van der Waals surface area contributed by atoms with Crippen LogP contribution < -0.4 is 4.90 Å². The Morgan fingerprint density at radius 2 is 2.00 bits per heavy atom. The van der Waals surface area contributed by atoms with Gasteiger partial charge in [0, 0.05) is 32.7 Å². The highest BCUT2D eigenvalue weighted by Gasteiger charge is 2.27. The van der Waals surface area contributed by atoms with Crippen molar-refractivity contribution in [3.05, 3.63) is 10.6 Å². The quantitative estimate of drug-likeness (QED) is 0.782. The Bertz CT molecular complexity index is 473. The number of carbonyl (C=O) groups excluding carboxylic acids is 1. The molecule has 5 heteroatoms. The van der Waals surface area contributed by atoms with Gasteiger partial charge in [0.2, 0.25) is 0 Å². The third kappa shape index (κ3) is 3.04. The molecule has 3 rings (SSSR count). The Morgan fingerprint density at radius 3 is 2.50 bits per heavy atom. The van der Waals surface area contributed by atoms with Crippen LogP contribution in [0.2, 0.25) is 0 Å². The van der Waals surface area contributed by atoms with Gasteiger partial charge in [-0.05, 0) is 24.7 Å². The maximum atomic E-state index is 11.2. The summed E-state index contributed by atoms with van der Waals surface area (Å²) in [5.41, 5.74) is 0.959. The molecule has 0 unspecified atom stereocenters. The lowest BCUT2D eigenvalue weighted by Crippen LogP contribution is -2.47. The second-order valence-electron chi connectivity index (χ2n) is 6.25. The van der Waals surface area contributed by atoms with Gasteiger partial charge in [0.25, 0.3) is 0 Å². The second kappa shape index (κ2) is 5.82. The molecule has 0 spiro atoms. The third-order valence-electron chi connectivity index (χ3n) is 4.18. The smallest absolute Gasteiger partial charge is 0.186 e. The number of hydrogen-bond donors (Lipinski definition) is 0. The van der Waals surface area contributed by atoms with Gasteiger partial charge in [0.15, 0.2) is 11.4 Å². The van der Waals surface area contributed by atoms with Crippen molar-refractivity contribution in [1.82, 2.24) is 9.88 Å². The lowest BCUT2D eigenvalue weighted by atomic mass is 10.1. The normalized spacial score (nSPS) is 20.6. The molecule has 1 saturated heterocycles. The zero-order valence-corrected chi connectivity index (χ0v) is 13.2. The van der Waals surface area contributed by atoms with E-state index in [9.17, 15) is 4.79 Å². The van der Waals surface area contributed by atoms with Gasteiger partial charge in [-0.2, -0.15) is 0 Å². The highest BCUT2D eigenvalue weighted by Crippen LogP contribution is 2.32. The summed E-state index contributed by atoms with van der Waals surface area (Å²) in [4.78, 5) is 21.6. The Balaban J connectivity index is 1.63.